The Morgan fingerprint density at radius 2 is 2.10 bits per heavy atom. The third-order valence-corrected chi connectivity index (χ3v) is 2.11. The van der Waals surface area contributed by atoms with Gasteiger partial charge in [-0.1, -0.05) is 0 Å². The average Bonchev–Trinajstić information content (AvgIpc) is 2.34. The van der Waals surface area contributed by atoms with E-state index in [-0.39, 0.29) is 50.3 Å². The Kier molecular flexibility index (Phi) is 7.93. The fourth-order valence-corrected chi connectivity index (χ4v) is 1.20. The quantitative estimate of drug-likeness (QED) is 0.778. The summed E-state index contributed by atoms with van der Waals surface area (Å²) in [4.78, 5) is 14.5. The molecule has 1 amide bonds. The molecule has 0 aliphatic rings. The van der Waals surface area contributed by atoms with Gasteiger partial charge in [-0.25, -0.2) is 4.98 Å². The summed E-state index contributed by atoms with van der Waals surface area (Å²) in [6.45, 7) is 0.614. The number of nitrogens with one attached hydrogen (secondary N) is 1. The second kappa shape index (κ2) is 8.60. The number of halogens is 4. The van der Waals surface area contributed by atoms with E-state index in [1.807, 2.05) is 0 Å². The fourth-order valence-electron chi connectivity index (χ4n) is 1.20. The van der Waals surface area contributed by atoms with Crippen LogP contribution in [0.4, 0.5) is 13.2 Å². The number of pyridine rings is 1. The maximum Gasteiger partial charge on any atom is 0.417 e. The fraction of sp³-hybridized carbons (Fsp3) is 0.455. The molecule has 3 N–H and O–H groups in total. The number of hydrogen-bond acceptors (Lipinski definition) is 4. The lowest BCUT2D eigenvalue weighted by Gasteiger charge is -2.08. The van der Waals surface area contributed by atoms with Crippen molar-refractivity contribution >= 4 is 18.3 Å². The number of alkyl halides is 3. The number of aromatic nitrogens is 1. The highest BCUT2D eigenvalue weighted by atomic mass is 35.5. The molecule has 0 bridgehead atoms. The van der Waals surface area contributed by atoms with Crippen LogP contribution < -0.4 is 15.8 Å². The van der Waals surface area contributed by atoms with Crippen LogP contribution in [0.3, 0.4) is 0 Å². The summed E-state index contributed by atoms with van der Waals surface area (Å²) >= 11 is 0. The third-order valence-electron chi connectivity index (χ3n) is 2.11. The van der Waals surface area contributed by atoms with Crippen LogP contribution in [0.5, 0.6) is 5.88 Å². The molecule has 114 valence electrons. The summed E-state index contributed by atoms with van der Waals surface area (Å²) in [6.07, 6.45) is -3.50. The van der Waals surface area contributed by atoms with Gasteiger partial charge < -0.3 is 15.8 Å². The van der Waals surface area contributed by atoms with Crippen LogP contribution >= 0.6 is 12.4 Å². The van der Waals surface area contributed by atoms with E-state index in [0.29, 0.717) is 6.20 Å². The van der Waals surface area contributed by atoms with Crippen molar-refractivity contribution < 1.29 is 22.7 Å². The van der Waals surface area contributed by atoms with Crippen molar-refractivity contribution in [3.63, 3.8) is 0 Å². The van der Waals surface area contributed by atoms with Crippen molar-refractivity contribution in [1.29, 1.82) is 0 Å². The van der Waals surface area contributed by atoms with Gasteiger partial charge in [0.05, 0.1) is 12.1 Å². The summed E-state index contributed by atoms with van der Waals surface area (Å²) in [6, 6.07) is 2.01. The first-order valence-electron chi connectivity index (χ1n) is 5.56. The maximum absolute atomic E-state index is 12.2. The van der Waals surface area contributed by atoms with Gasteiger partial charge in [-0.3, -0.25) is 4.79 Å². The molecule has 0 saturated heterocycles. The van der Waals surface area contributed by atoms with Crippen LogP contribution in [0.2, 0.25) is 0 Å². The molecule has 20 heavy (non-hydrogen) atoms. The molecule has 0 saturated carbocycles. The molecule has 0 aromatic carbocycles. The van der Waals surface area contributed by atoms with Gasteiger partial charge in [-0.2, -0.15) is 13.2 Å². The molecular weight excluding hydrogens is 299 g/mol. The van der Waals surface area contributed by atoms with Crippen molar-refractivity contribution in [3.05, 3.63) is 23.9 Å². The number of carbonyl (C=O) groups excluding carboxylic acids is 1. The van der Waals surface area contributed by atoms with Gasteiger partial charge in [0, 0.05) is 25.2 Å². The Bertz CT molecular complexity index is 412. The Morgan fingerprint density at radius 3 is 2.60 bits per heavy atom. The first-order chi connectivity index (χ1) is 8.93. The van der Waals surface area contributed by atoms with Crippen molar-refractivity contribution in [2.24, 2.45) is 5.73 Å². The van der Waals surface area contributed by atoms with Gasteiger partial charge in [0.25, 0.3) is 0 Å². The van der Waals surface area contributed by atoms with E-state index in [0.717, 1.165) is 12.1 Å². The summed E-state index contributed by atoms with van der Waals surface area (Å²) in [5.41, 5.74) is 4.34. The number of rotatable bonds is 6. The summed E-state index contributed by atoms with van der Waals surface area (Å²) in [5.74, 6) is -0.132. The van der Waals surface area contributed by atoms with Crippen LogP contribution in [-0.4, -0.2) is 30.6 Å². The van der Waals surface area contributed by atoms with E-state index < -0.39 is 11.7 Å². The van der Waals surface area contributed by atoms with Crippen LogP contribution in [0.1, 0.15) is 12.0 Å². The molecule has 0 aliphatic heterocycles. The average molecular weight is 314 g/mol. The lowest BCUT2D eigenvalue weighted by molar-refractivity contribution is -0.137. The highest BCUT2D eigenvalue weighted by molar-refractivity contribution is 5.85. The van der Waals surface area contributed by atoms with Gasteiger partial charge in [0.15, 0.2) is 0 Å². The normalized spacial score (nSPS) is 10.6. The van der Waals surface area contributed by atoms with E-state index in [2.05, 4.69) is 10.3 Å². The van der Waals surface area contributed by atoms with Crippen LogP contribution in [0, 0.1) is 0 Å². The first kappa shape index (κ1) is 18.5. The molecule has 0 aliphatic carbocycles. The molecular formula is C11H15ClF3N3O2. The highest BCUT2D eigenvalue weighted by Crippen LogP contribution is 2.29. The topological polar surface area (TPSA) is 77.2 Å². The number of nitrogens with two attached hydrogens (primary N) is 1. The van der Waals surface area contributed by atoms with E-state index in [1.54, 1.807) is 0 Å². The molecule has 1 aromatic heterocycles. The van der Waals surface area contributed by atoms with Crippen molar-refractivity contribution in [3.8, 4) is 5.88 Å². The molecule has 5 nitrogen and oxygen atoms in total. The number of amides is 1. The van der Waals surface area contributed by atoms with Crippen LogP contribution in [-0.2, 0) is 11.0 Å². The summed E-state index contributed by atoms with van der Waals surface area (Å²) in [5, 5.41) is 2.54. The zero-order valence-corrected chi connectivity index (χ0v) is 11.3. The monoisotopic (exact) mass is 313 g/mol. The molecule has 1 rings (SSSR count). The number of nitrogens with zero attached hydrogens (tertiary/aromatic N) is 1. The lowest BCUT2D eigenvalue weighted by Crippen LogP contribution is -2.29. The molecule has 0 spiro atoms. The predicted molar refractivity (Wildman–Crippen MR) is 68.7 cm³/mol. The first-order valence-corrected chi connectivity index (χ1v) is 5.56. The molecule has 0 atom stereocenters. The Balaban J connectivity index is 0.00000361. The Hall–Kier alpha value is -1.54. The third kappa shape index (κ3) is 6.58. The second-order valence-corrected chi connectivity index (χ2v) is 3.62. The lowest BCUT2D eigenvalue weighted by atomic mass is 10.3. The Morgan fingerprint density at radius 1 is 1.40 bits per heavy atom. The zero-order chi connectivity index (χ0) is 14.3. The summed E-state index contributed by atoms with van der Waals surface area (Å²) in [7, 11) is 0. The molecule has 0 unspecified atom stereocenters. The minimum Gasteiger partial charge on any atom is -0.476 e. The zero-order valence-electron chi connectivity index (χ0n) is 10.4. The van der Waals surface area contributed by atoms with Gasteiger partial charge in [-0.05, 0) is 6.07 Å². The second-order valence-electron chi connectivity index (χ2n) is 3.62. The molecule has 1 heterocycles. The van der Waals surface area contributed by atoms with Crippen molar-refractivity contribution in [2.75, 3.05) is 19.7 Å². The van der Waals surface area contributed by atoms with Gasteiger partial charge in [0.2, 0.25) is 11.8 Å². The summed E-state index contributed by atoms with van der Waals surface area (Å²) < 4.78 is 41.8. The van der Waals surface area contributed by atoms with E-state index >= 15 is 0 Å². The maximum atomic E-state index is 12.2. The molecule has 0 fully saturated rings. The SMILES string of the molecule is Cl.NCCC(=O)NCCOc1ccc(C(F)(F)F)cn1. The number of hydrogen-bond donors (Lipinski definition) is 2. The van der Waals surface area contributed by atoms with Crippen molar-refractivity contribution in [1.82, 2.24) is 10.3 Å². The Labute approximate surface area is 120 Å². The largest absolute Gasteiger partial charge is 0.476 e. The van der Waals surface area contributed by atoms with Gasteiger partial charge in [0.1, 0.15) is 6.61 Å². The molecule has 1 aromatic rings. The van der Waals surface area contributed by atoms with Crippen LogP contribution in [0.25, 0.3) is 0 Å². The minimum absolute atomic E-state index is 0. The van der Waals surface area contributed by atoms with Gasteiger partial charge in [-0.15, -0.1) is 12.4 Å². The number of ether oxygens (including phenoxy) is 1. The van der Waals surface area contributed by atoms with Crippen LogP contribution in [0.15, 0.2) is 18.3 Å². The van der Waals surface area contributed by atoms with Gasteiger partial charge >= 0.3 is 6.18 Å². The highest BCUT2D eigenvalue weighted by Gasteiger charge is 2.30. The van der Waals surface area contributed by atoms with E-state index in [4.69, 9.17) is 10.5 Å². The molecule has 0 radical (unpaired) electrons. The van der Waals surface area contributed by atoms with Crippen molar-refractivity contribution in [2.45, 2.75) is 12.6 Å². The van der Waals surface area contributed by atoms with E-state index in [1.165, 1.54) is 0 Å². The minimum atomic E-state index is -4.41. The van der Waals surface area contributed by atoms with E-state index in [9.17, 15) is 18.0 Å². The standard InChI is InChI=1S/C11H14F3N3O2.ClH/c12-11(13,14)8-1-2-10(17-7-8)19-6-5-16-9(18)3-4-15;/h1-2,7H,3-6,15H2,(H,16,18);1H. The smallest absolute Gasteiger partial charge is 0.417 e. The predicted octanol–water partition coefficient (Wildman–Crippen LogP) is 1.37. The molecule has 9 heteroatoms. The number of carbonyl (C=O) groups is 1.